The van der Waals surface area contributed by atoms with Gasteiger partial charge in [0.25, 0.3) is 0 Å². The van der Waals surface area contributed by atoms with E-state index in [9.17, 15) is 4.79 Å². The third-order valence-electron chi connectivity index (χ3n) is 3.33. The van der Waals surface area contributed by atoms with Gasteiger partial charge in [-0.25, -0.2) is 0 Å². The second kappa shape index (κ2) is 6.19. The Labute approximate surface area is 114 Å². The van der Waals surface area contributed by atoms with E-state index in [1.165, 1.54) is 0 Å². The molecule has 2 heteroatoms. The first-order valence-corrected chi connectivity index (χ1v) is 6.63. The minimum Gasteiger partial charge on any atom is -0.325 e. The van der Waals surface area contributed by atoms with Crippen LogP contribution in [0.5, 0.6) is 0 Å². The lowest BCUT2D eigenvalue weighted by molar-refractivity contribution is -0.117. The van der Waals surface area contributed by atoms with Gasteiger partial charge in [0, 0.05) is 5.69 Å². The van der Waals surface area contributed by atoms with Gasteiger partial charge in [0.05, 0.1) is 5.92 Å². The molecule has 0 fully saturated rings. The molecule has 2 rings (SSSR count). The summed E-state index contributed by atoms with van der Waals surface area (Å²) in [6.45, 7) is 4.04. The smallest absolute Gasteiger partial charge is 0.231 e. The van der Waals surface area contributed by atoms with Gasteiger partial charge in [-0.3, -0.25) is 4.79 Å². The Balaban J connectivity index is 2.17. The fourth-order valence-electron chi connectivity index (χ4n) is 2.19. The maximum atomic E-state index is 12.4. The highest BCUT2D eigenvalue weighted by Gasteiger charge is 2.18. The Morgan fingerprint density at radius 3 is 2.32 bits per heavy atom. The predicted molar refractivity (Wildman–Crippen MR) is 79.3 cm³/mol. The molecule has 0 saturated carbocycles. The minimum atomic E-state index is -0.0965. The lowest BCUT2D eigenvalue weighted by Gasteiger charge is -2.16. The third-order valence-corrected chi connectivity index (χ3v) is 3.33. The number of benzene rings is 2. The number of carbonyl (C=O) groups excluding carboxylic acids is 1. The predicted octanol–water partition coefficient (Wildman–Crippen LogP) is 4.13. The molecule has 0 radical (unpaired) electrons. The van der Waals surface area contributed by atoms with Crippen molar-refractivity contribution in [3.8, 4) is 0 Å². The van der Waals surface area contributed by atoms with Crippen LogP contribution in [0.3, 0.4) is 0 Å². The highest BCUT2D eigenvalue weighted by Crippen LogP contribution is 2.22. The van der Waals surface area contributed by atoms with Gasteiger partial charge in [0.1, 0.15) is 0 Å². The van der Waals surface area contributed by atoms with Crippen molar-refractivity contribution in [1.82, 2.24) is 0 Å². The van der Waals surface area contributed by atoms with Crippen LogP contribution in [0.1, 0.15) is 30.4 Å². The molecule has 2 aromatic rings. The molecule has 1 atom stereocenters. The van der Waals surface area contributed by atoms with Crippen LogP contribution in [0, 0.1) is 6.92 Å². The van der Waals surface area contributed by atoms with Gasteiger partial charge in [-0.15, -0.1) is 0 Å². The highest BCUT2D eigenvalue weighted by molar-refractivity contribution is 5.96. The number of hydrogen-bond donors (Lipinski definition) is 1. The van der Waals surface area contributed by atoms with E-state index in [2.05, 4.69) is 5.32 Å². The minimum absolute atomic E-state index is 0.0583. The van der Waals surface area contributed by atoms with Crippen LogP contribution in [0.25, 0.3) is 0 Å². The van der Waals surface area contributed by atoms with E-state index in [0.29, 0.717) is 0 Å². The molecule has 0 saturated heterocycles. The molecule has 0 aliphatic carbocycles. The Morgan fingerprint density at radius 1 is 1.05 bits per heavy atom. The number of para-hydroxylation sites is 1. The first-order chi connectivity index (χ1) is 9.22. The van der Waals surface area contributed by atoms with Crippen molar-refractivity contribution < 1.29 is 4.79 Å². The molecule has 1 N–H and O–H groups in total. The van der Waals surface area contributed by atoms with Crippen LogP contribution in [-0.4, -0.2) is 5.91 Å². The summed E-state index contributed by atoms with van der Waals surface area (Å²) in [6.07, 6.45) is 0.793. The molecule has 19 heavy (non-hydrogen) atoms. The van der Waals surface area contributed by atoms with Crippen molar-refractivity contribution in [2.45, 2.75) is 26.2 Å². The summed E-state index contributed by atoms with van der Waals surface area (Å²) in [7, 11) is 0. The van der Waals surface area contributed by atoms with Crippen molar-refractivity contribution >= 4 is 11.6 Å². The summed E-state index contributed by atoms with van der Waals surface area (Å²) in [6, 6.07) is 17.8. The lowest BCUT2D eigenvalue weighted by atomic mass is 9.95. The van der Waals surface area contributed by atoms with Crippen LogP contribution in [0.15, 0.2) is 54.6 Å². The molecular weight excluding hydrogens is 234 g/mol. The summed E-state index contributed by atoms with van der Waals surface area (Å²) in [4.78, 5) is 12.4. The van der Waals surface area contributed by atoms with Gasteiger partial charge in [-0.2, -0.15) is 0 Å². The Bertz CT molecular complexity index is 548. The number of rotatable bonds is 4. The number of hydrogen-bond acceptors (Lipinski definition) is 1. The lowest BCUT2D eigenvalue weighted by Crippen LogP contribution is -2.21. The third kappa shape index (κ3) is 3.22. The molecule has 0 aliphatic heterocycles. The van der Waals surface area contributed by atoms with Gasteiger partial charge < -0.3 is 5.32 Å². The van der Waals surface area contributed by atoms with Gasteiger partial charge >= 0.3 is 0 Å². The number of amides is 1. The second-order valence-electron chi connectivity index (χ2n) is 4.68. The summed E-state index contributed by atoms with van der Waals surface area (Å²) < 4.78 is 0. The fraction of sp³-hybridized carbons (Fsp3) is 0.235. The Kier molecular flexibility index (Phi) is 4.35. The summed E-state index contributed by atoms with van der Waals surface area (Å²) in [5.74, 6) is -0.0381. The van der Waals surface area contributed by atoms with Crippen LogP contribution >= 0.6 is 0 Å². The molecule has 0 aliphatic rings. The van der Waals surface area contributed by atoms with Gasteiger partial charge in [-0.1, -0.05) is 55.5 Å². The molecule has 98 valence electrons. The topological polar surface area (TPSA) is 29.1 Å². The number of anilines is 1. The zero-order valence-electron chi connectivity index (χ0n) is 11.4. The summed E-state index contributed by atoms with van der Waals surface area (Å²) in [5, 5.41) is 3.02. The summed E-state index contributed by atoms with van der Waals surface area (Å²) in [5.41, 5.74) is 3.04. The molecule has 0 spiro atoms. The number of nitrogens with one attached hydrogen (secondary N) is 1. The van der Waals surface area contributed by atoms with E-state index in [0.717, 1.165) is 23.2 Å². The van der Waals surface area contributed by atoms with Gasteiger partial charge in [-0.05, 0) is 30.5 Å². The van der Waals surface area contributed by atoms with Crippen molar-refractivity contribution in [2.24, 2.45) is 0 Å². The van der Waals surface area contributed by atoms with Gasteiger partial charge in [0.2, 0.25) is 5.91 Å². The van der Waals surface area contributed by atoms with Crippen molar-refractivity contribution in [2.75, 3.05) is 5.32 Å². The van der Waals surface area contributed by atoms with E-state index < -0.39 is 0 Å². The van der Waals surface area contributed by atoms with Crippen molar-refractivity contribution in [3.63, 3.8) is 0 Å². The molecule has 2 aromatic carbocycles. The number of carbonyl (C=O) groups is 1. The molecule has 1 amide bonds. The largest absolute Gasteiger partial charge is 0.325 e. The molecule has 0 bridgehead atoms. The van der Waals surface area contributed by atoms with E-state index >= 15 is 0 Å². The fourth-order valence-corrected chi connectivity index (χ4v) is 2.19. The molecule has 0 aromatic heterocycles. The standard InChI is InChI=1S/C17H19NO/c1-3-15(14-10-5-4-6-11-14)17(19)18-16-12-8-7-9-13(16)2/h4-12,15H,3H2,1-2H3,(H,18,19). The first kappa shape index (κ1) is 13.3. The normalized spacial score (nSPS) is 11.9. The van der Waals surface area contributed by atoms with Crippen LogP contribution in [0.4, 0.5) is 5.69 Å². The van der Waals surface area contributed by atoms with E-state index in [4.69, 9.17) is 0 Å². The van der Waals surface area contributed by atoms with Crippen LogP contribution in [0.2, 0.25) is 0 Å². The van der Waals surface area contributed by atoms with E-state index in [1.54, 1.807) is 0 Å². The first-order valence-electron chi connectivity index (χ1n) is 6.63. The Morgan fingerprint density at radius 2 is 1.68 bits per heavy atom. The average Bonchev–Trinajstić information content (AvgIpc) is 2.43. The van der Waals surface area contributed by atoms with E-state index in [-0.39, 0.29) is 11.8 Å². The van der Waals surface area contributed by atoms with Crippen molar-refractivity contribution in [3.05, 3.63) is 65.7 Å². The van der Waals surface area contributed by atoms with Crippen molar-refractivity contribution in [1.29, 1.82) is 0 Å². The maximum absolute atomic E-state index is 12.4. The molecule has 2 nitrogen and oxygen atoms in total. The Hall–Kier alpha value is -2.09. The molecular formula is C17H19NO. The maximum Gasteiger partial charge on any atom is 0.231 e. The van der Waals surface area contributed by atoms with E-state index in [1.807, 2.05) is 68.4 Å². The summed E-state index contributed by atoms with van der Waals surface area (Å²) >= 11 is 0. The number of aryl methyl sites for hydroxylation is 1. The SMILES string of the molecule is CCC(C(=O)Nc1ccccc1C)c1ccccc1. The van der Waals surface area contributed by atoms with Crippen LogP contribution in [-0.2, 0) is 4.79 Å². The zero-order chi connectivity index (χ0) is 13.7. The van der Waals surface area contributed by atoms with Crippen LogP contribution < -0.4 is 5.32 Å². The monoisotopic (exact) mass is 253 g/mol. The van der Waals surface area contributed by atoms with Gasteiger partial charge in [0.15, 0.2) is 0 Å². The highest BCUT2D eigenvalue weighted by atomic mass is 16.1. The zero-order valence-corrected chi connectivity index (χ0v) is 11.4. The second-order valence-corrected chi connectivity index (χ2v) is 4.68. The molecule has 1 unspecified atom stereocenters. The average molecular weight is 253 g/mol. The molecule has 0 heterocycles. The quantitative estimate of drug-likeness (QED) is 0.872.